The Labute approximate surface area is 113 Å². The summed E-state index contributed by atoms with van der Waals surface area (Å²) in [6, 6.07) is 17.9. The lowest BCUT2D eigenvalue weighted by Gasteiger charge is -2.06. The van der Waals surface area contributed by atoms with Gasteiger partial charge in [0, 0.05) is 0 Å². The van der Waals surface area contributed by atoms with E-state index in [1.165, 1.54) is 11.8 Å². The Morgan fingerprint density at radius 3 is 2.68 bits per heavy atom. The highest BCUT2D eigenvalue weighted by Gasteiger charge is 1.96. The fourth-order valence-electron chi connectivity index (χ4n) is 1.86. The van der Waals surface area contributed by atoms with Crippen molar-refractivity contribution in [3.8, 4) is 5.75 Å². The maximum absolute atomic E-state index is 8.48. The van der Waals surface area contributed by atoms with Crippen LogP contribution in [0.5, 0.6) is 5.75 Å². The fourth-order valence-corrected chi connectivity index (χ4v) is 1.86. The van der Waals surface area contributed by atoms with Crippen molar-refractivity contribution in [1.29, 1.82) is 0 Å². The van der Waals surface area contributed by atoms with Crippen LogP contribution in [-0.4, -0.2) is 18.0 Å². The van der Waals surface area contributed by atoms with E-state index in [1.54, 1.807) is 0 Å². The molecule has 98 valence electrons. The predicted molar refractivity (Wildman–Crippen MR) is 76.1 cm³/mol. The summed E-state index contributed by atoms with van der Waals surface area (Å²) in [6.07, 6.45) is 3.37. The predicted octanol–water partition coefficient (Wildman–Crippen LogP) is 3.51. The van der Waals surface area contributed by atoms with Gasteiger partial charge >= 0.3 is 0 Å². The molecule has 3 heteroatoms. The van der Waals surface area contributed by atoms with Crippen molar-refractivity contribution in [2.24, 2.45) is 5.16 Å². The summed E-state index contributed by atoms with van der Waals surface area (Å²) >= 11 is 0. The second-order valence-corrected chi connectivity index (χ2v) is 4.25. The molecule has 0 aliphatic rings. The van der Waals surface area contributed by atoms with Crippen LogP contribution < -0.4 is 4.74 Å². The first-order valence-electron chi connectivity index (χ1n) is 6.33. The van der Waals surface area contributed by atoms with E-state index in [0.717, 1.165) is 24.2 Å². The van der Waals surface area contributed by atoms with E-state index in [0.29, 0.717) is 6.61 Å². The van der Waals surface area contributed by atoms with Gasteiger partial charge in [0.2, 0.25) is 0 Å². The molecule has 0 radical (unpaired) electrons. The third-order valence-corrected chi connectivity index (χ3v) is 2.79. The minimum absolute atomic E-state index is 0.675. The molecule has 0 aliphatic heterocycles. The number of rotatable bonds is 6. The summed E-state index contributed by atoms with van der Waals surface area (Å²) < 4.78 is 5.67. The molecule has 2 aromatic rings. The van der Waals surface area contributed by atoms with Gasteiger partial charge in [-0.05, 0) is 36.1 Å². The summed E-state index contributed by atoms with van der Waals surface area (Å²) in [5, 5.41) is 11.5. The maximum atomic E-state index is 8.48. The van der Waals surface area contributed by atoms with Crippen LogP contribution in [0.25, 0.3) is 0 Å². The molecule has 2 rings (SSSR count). The first kappa shape index (κ1) is 13.1. The molecule has 0 fully saturated rings. The number of hydrogen-bond donors (Lipinski definition) is 1. The van der Waals surface area contributed by atoms with Crippen LogP contribution in [0.4, 0.5) is 0 Å². The number of aryl methyl sites for hydroxylation is 1. The van der Waals surface area contributed by atoms with E-state index in [-0.39, 0.29) is 0 Å². The van der Waals surface area contributed by atoms with Crippen LogP contribution in [0.1, 0.15) is 17.5 Å². The van der Waals surface area contributed by atoms with Gasteiger partial charge in [0.15, 0.2) is 0 Å². The van der Waals surface area contributed by atoms with Gasteiger partial charge in [0.1, 0.15) is 5.75 Å². The Morgan fingerprint density at radius 1 is 1.05 bits per heavy atom. The van der Waals surface area contributed by atoms with Crippen LogP contribution in [-0.2, 0) is 6.42 Å². The first-order chi connectivity index (χ1) is 9.38. The van der Waals surface area contributed by atoms with E-state index < -0.39 is 0 Å². The van der Waals surface area contributed by atoms with E-state index >= 15 is 0 Å². The van der Waals surface area contributed by atoms with E-state index in [1.807, 2.05) is 42.5 Å². The first-order valence-corrected chi connectivity index (χ1v) is 6.33. The molecule has 0 heterocycles. The molecule has 0 aliphatic carbocycles. The van der Waals surface area contributed by atoms with Crippen molar-refractivity contribution >= 4 is 6.21 Å². The highest BCUT2D eigenvalue weighted by molar-refractivity contribution is 5.79. The van der Waals surface area contributed by atoms with Gasteiger partial charge in [-0.3, -0.25) is 0 Å². The lowest BCUT2D eigenvalue weighted by atomic mass is 10.1. The lowest BCUT2D eigenvalue weighted by Crippen LogP contribution is -1.99. The molecule has 0 bridgehead atoms. The second-order valence-electron chi connectivity index (χ2n) is 4.25. The van der Waals surface area contributed by atoms with Crippen molar-refractivity contribution in [1.82, 2.24) is 0 Å². The third-order valence-electron chi connectivity index (χ3n) is 2.79. The van der Waals surface area contributed by atoms with Crippen LogP contribution >= 0.6 is 0 Å². The highest BCUT2D eigenvalue weighted by Crippen LogP contribution is 2.13. The Morgan fingerprint density at radius 2 is 1.89 bits per heavy atom. The minimum Gasteiger partial charge on any atom is -0.494 e. The van der Waals surface area contributed by atoms with Crippen LogP contribution in [0, 0.1) is 0 Å². The van der Waals surface area contributed by atoms with Crippen molar-refractivity contribution in [3.63, 3.8) is 0 Å². The zero-order valence-corrected chi connectivity index (χ0v) is 10.7. The number of ether oxygens (including phenoxy) is 1. The quantitative estimate of drug-likeness (QED) is 0.371. The van der Waals surface area contributed by atoms with Gasteiger partial charge in [0.25, 0.3) is 0 Å². The Balaban J connectivity index is 1.78. The Kier molecular flexibility index (Phi) is 4.99. The van der Waals surface area contributed by atoms with Gasteiger partial charge in [0.05, 0.1) is 12.8 Å². The minimum atomic E-state index is 0.675. The molecule has 0 saturated carbocycles. The number of hydrogen-bond acceptors (Lipinski definition) is 3. The standard InChI is InChI=1S/C16H17NO2/c18-17-13-15-8-4-10-16(12-15)19-11-5-9-14-6-2-1-3-7-14/h1-4,6-8,10,12-13,18H,5,9,11H2. The van der Waals surface area contributed by atoms with Crippen molar-refractivity contribution < 1.29 is 9.94 Å². The molecular formula is C16H17NO2. The number of nitrogens with zero attached hydrogens (tertiary/aromatic N) is 1. The molecule has 0 aromatic heterocycles. The fraction of sp³-hybridized carbons (Fsp3) is 0.188. The SMILES string of the molecule is ON=Cc1cccc(OCCCc2ccccc2)c1. The second kappa shape index (κ2) is 7.21. The molecule has 0 atom stereocenters. The average Bonchev–Trinajstić information content (AvgIpc) is 2.46. The molecule has 3 nitrogen and oxygen atoms in total. The average molecular weight is 255 g/mol. The van der Waals surface area contributed by atoms with Crippen molar-refractivity contribution in [3.05, 3.63) is 65.7 Å². The topological polar surface area (TPSA) is 41.8 Å². The monoisotopic (exact) mass is 255 g/mol. The summed E-state index contributed by atoms with van der Waals surface area (Å²) in [6.45, 7) is 0.675. The number of benzene rings is 2. The summed E-state index contributed by atoms with van der Waals surface area (Å²) in [7, 11) is 0. The van der Waals surface area contributed by atoms with Gasteiger partial charge < -0.3 is 9.94 Å². The molecule has 0 unspecified atom stereocenters. The number of oxime groups is 1. The summed E-state index contributed by atoms with van der Waals surface area (Å²) in [5.41, 5.74) is 2.15. The van der Waals surface area contributed by atoms with E-state index in [2.05, 4.69) is 17.3 Å². The normalized spacial score (nSPS) is 10.7. The molecule has 19 heavy (non-hydrogen) atoms. The molecule has 0 amide bonds. The van der Waals surface area contributed by atoms with E-state index in [9.17, 15) is 0 Å². The Hall–Kier alpha value is -2.29. The van der Waals surface area contributed by atoms with Gasteiger partial charge in [-0.15, -0.1) is 0 Å². The van der Waals surface area contributed by atoms with Gasteiger partial charge in [-0.2, -0.15) is 0 Å². The van der Waals surface area contributed by atoms with Crippen molar-refractivity contribution in [2.75, 3.05) is 6.61 Å². The lowest BCUT2D eigenvalue weighted by molar-refractivity contribution is 0.311. The molecule has 0 spiro atoms. The Bertz CT molecular complexity index is 523. The zero-order chi connectivity index (χ0) is 13.3. The van der Waals surface area contributed by atoms with Crippen LogP contribution in [0.3, 0.4) is 0 Å². The molecule has 2 aromatic carbocycles. The van der Waals surface area contributed by atoms with Crippen LogP contribution in [0.2, 0.25) is 0 Å². The maximum Gasteiger partial charge on any atom is 0.119 e. The van der Waals surface area contributed by atoms with Gasteiger partial charge in [-0.25, -0.2) is 0 Å². The molecular weight excluding hydrogens is 238 g/mol. The van der Waals surface area contributed by atoms with Crippen molar-refractivity contribution in [2.45, 2.75) is 12.8 Å². The van der Waals surface area contributed by atoms with Crippen LogP contribution in [0.15, 0.2) is 59.8 Å². The molecule has 1 N–H and O–H groups in total. The summed E-state index contributed by atoms with van der Waals surface area (Å²) in [5.74, 6) is 0.797. The smallest absolute Gasteiger partial charge is 0.119 e. The van der Waals surface area contributed by atoms with Gasteiger partial charge in [-0.1, -0.05) is 47.6 Å². The highest BCUT2D eigenvalue weighted by atomic mass is 16.5. The van der Waals surface area contributed by atoms with E-state index in [4.69, 9.17) is 9.94 Å². The largest absolute Gasteiger partial charge is 0.494 e. The zero-order valence-electron chi connectivity index (χ0n) is 10.7. The summed E-state index contributed by atoms with van der Waals surface area (Å²) in [4.78, 5) is 0. The third kappa shape index (κ3) is 4.47. The molecule has 0 saturated heterocycles.